The molecule has 0 spiro atoms. The van der Waals surface area contributed by atoms with Crippen LogP contribution in [0, 0.1) is 5.82 Å². The number of benzene rings is 1. The highest BCUT2D eigenvalue weighted by Gasteiger charge is 2.22. The summed E-state index contributed by atoms with van der Waals surface area (Å²) >= 11 is 0. The molecular formula is C12H14FNO. The molecule has 2 heterocycles. The fourth-order valence-corrected chi connectivity index (χ4v) is 2.45. The first kappa shape index (κ1) is 9.16. The zero-order valence-electron chi connectivity index (χ0n) is 8.55. The second-order valence-electron chi connectivity index (χ2n) is 4.24. The maximum atomic E-state index is 13.7. The molecule has 1 aromatic carbocycles. The van der Waals surface area contributed by atoms with E-state index >= 15 is 0 Å². The van der Waals surface area contributed by atoms with E-state index in [4.69, 9.17) is 4.74 Å². The molecule has 3 rings (SSSR count). The van der Waals surface area contributed by atoms with Crippen molar-refractivity contribution in [3.63, 3.8) is 0 Å². The van der Waals surface area contributed by atoms with Crippen LogP contribution < -0.4 is 10.1 Å². The molecule has 0 aromatic heterocycles. The Morgan fingerprint density at radius 1 is 1.40 bits per heavy atom. The fraction of sp³-hybridized carbons (Fsp3) is 0.500. The normalized spacial score (nSPS) is 23.9. The maximum absolute atomic E-state index is 13.7. The Balaban J connectivity index is 1.99. The minimum atomic E-state index is -0.200. The third-order valence-corrected chi connectivity index (χ3v) is 3.22. The lowest BCUT2D eigenvalue weighted by Crippen LogP contribution is -2.13. The van der Waals surface area contributed by atoms with Crippen LogP contribution in [0.1, 0.15) is 30.0 Å². The first-order valence-corrected chi connectivity index (χ1v) is 5.53. The van der Waals surface area contributed by atoms with Gasteiger partial charge in [0, 0.05) is 18.0 Å². The molecule has 1 atom stereocenters. The van der Waals surface area contributed by atoms with Gasteiger partial charge in [-0.1, -0.05) is 6.07 Å². The zero-order chi connectivity index (χ0) is 10.3. The number of fused-ring (bicyclic) bond motifs is 1. The summed E-state index contributed by atoms with van der Waals surface area (Å²) in [7, 11) is 0. The van der Waals surface area contributed by atoms with Gasteiger partial charge in [-0.2, -0.15) is 0 Å². The number of halogens is 1. The fourth-order valence-electron chi connectivity index (χ4n) is 2.45. The van der Waals surface area contributed by atoms with E-state index in [2.05, 4.69) is 11.4 Å². The molecule has 0 bridgehead atoms. The van der Waals surface area contributed by atoms with Gasteiger partial charge >= 0.3 is 0 Å². The quantitative estimate of drug-likeness (QED) is 0.762. The largest absolute Gasteiger partial charge is 0.490 e. The van der Waals surface area contributed by atoms with Crippen molar-refractivity contribution in [3.8, 4) is 5.75 Å². The molecule has 1 N–H and O–H groups in total. The minimum absolute atomic E-state index is 0.200. The zero-order valence-corrected chi connectivity index (χ0v) is 8.55. The second-order valence-corrected chi connectivity index (χ2v) is 4.24. The molecular weight excluding hydrogens is 193 g/mol. The molecule has 80 valence electrons. The van der Waals surface area contributed by atoms with Crippen molar-refractivity contribution in [1.29, 1.82) is 0 Å². The Morgan fingerprint density at radius 3 is 3.13 bits per heavy atom. The Hall–Kier alpha value is -1.09. The van der Waals surface area contributed by atoms with Gasteiger partial charge in [0.15, 0.2) is 11.6 Å². The summed E-state index contributed by atoms with van der Waals surface area (Å²) in [4.78, 5) is 0. The van der Waals surface area contributed by atoms with E-state index in [0.29, 0.717) is 18.4 Å². The molecule has 1 aromatic rings. The van der Waals surface area contributed by atoms with Crippen LogP contribution in [-0.2, 0) is 6.42 Å². The molecule has 15 heavy (non-hydrogen) atoms. The van der Waals surface area contributed by atoms with Gasteiger partial charge in [-0.3, -0.25) is 0 Å². The van der Waals surface area contributed by atoms with E-state index < -0.39 is 0 Å². The van der Waals surface area contributed by atoms with Crippen LogP contribution >= 0.6 is 0 Å². The van der Waals surface area contributed by atoms with Gasteiger partial charge in [0.1, 0.15) is 0 Å². The van der Waals surface area contributed by atoms with Gasteiger partial charge in [-0.25, -0.2) is 4.39 Å². The van der Waals surface area contributed by atoms with Crippen LogP contribution in [0.2, 0.25) is 0 Å². The summed E-state index contributed by atoms with van der Waals surface area (Å²) in [5, 5.41) is 3.38. The summed E-state index contributed by atoms with van der Waals surface area (Å²) in [6.45, 7) is 1.66. The molecule has 0 amide bonds. The number of hydrogen-bond donors (Lipinski definition) is 1. The molecule has 3 heteroatoms. The van der Waals surface area contributed by atoms with Crippen LogP contribution in [0.4, 0.5) is 4.39 Å². The summed E-state index contributed by atoms with van der Waals surface area (Å²) in [6.07, 6.45) is 3.13. The average Bonchev–Trinajstić information content (AvgIpc) is 2.88. The molecule has 0 unspecified atom stereocenters. The van der Waals surface area contributed by atoms with Gasteiger partial charge in [0.2, 0.25) is 0 Å². The van der Waals surface area contributed by atoms with Gasteiger partial charge in [0.25, 0.3) is 0 Å². The van der Waals surface area contributed by atoms with E-state index in [1.54, 1.807) is 6.07 Å². The molecule has 1 fully saturated rings. The predicted octanol–water partition coefficient (Wildman–Crippen LogP) is 2.19. The first-order chi connectivity index (χ1) is 7.34. The molecule has 2 aliphatic rings. The van der Waals surface area contributed by atoms with E-state index in [0.717, 1.165) is 30.5 Å². The van der Waals surface area contributed by atoms with E-state index in [-0.39, 0.29) is 5.82 Å². The standard InChI is InChI=1S/C12H14FNO/c13-10-7-9(11-2-1-4-14-11)6-8-3-5-15-12(8)10/h6-7,11,14H,1-5H2/t11-/m1/s1. The van der Waals surface area contributed by atoms with Gasteiger partial charge in [0.05, 0.1) is 6.61 Å². The highest BCUT2D eigenvalue weighted by molar-refractivity contribution is 5.42. The SMILES string of the molecule is Fc1cc([C@H]2CCCN2)cc2c1OCC2. The number of hydrogen-bond acceptors (Lipinski definition) is 2. The van der Waals surface area contributed by atoms with Crippen LogP contribution in [0.3, 0.4) is 0 Å². The van der Waals surface area contributed by atoms with Crippen LogP contribution in [0.5, 0.6) is 5.75 Å². The van der Waals surface area contributed by atoms with Crippen molar-refractivity contribution in [1.82, 2.24) is 5.32 Å². The number of ether oxygens (including phenoxy) is 1. The van der Waals surface area contributed by atoms with Crippen molar-refractivity contribution in [2.45, 2.75) is 25.3 Å². The van der Waals surface area contributed by atoms with Gasteiger partial charge < -0.3 is 10.1 Å². The molecule has 2 aliphatic heterocycles. The monoisotopic (exact) mass is 207 g/mol. The number of nitrogens with one attached hydrogen (secondary N) is 1. The lowest BCUT2D eigenvalue weighted by atomic mass is 10.0. The van der Waals surface area contributed by atoms with Crippen molar-refractivity contribution in [3.05, 3.63) is 29.1 Å². The van der Waals surface area contributed by atoms with E-state index in [1.807, 2.05) is 0 Å². The first-order valence-electron chi connectivity index (χ1n) is 5.53. The smallest absolute Gasteiger partial charge is 0.165 e. The molecule has 0 radical (unpaired) electrons. The van der Waals surface area contributed by atoms with Crippen molar-refractivity contribution < 1.29 is 9.13 Å². The molecule has 1 saturated heterocycles. The lowest BCUT2D eigenvalue weighted by molar-refractivity contribution is 0.339. The molecule has 0 aliphatic carbocycles. The van der Waals surface area contributed by atoms with E-state index in [9.17, 15) is 4.39 Å². The second kappa shape index (κ2) is 3.49. The van der Waals surface area contributed by atoms with Crippen molar-refractivity contribution in [2.24, 2.45) is 0 Å². The Morgan fingerprint density at radius 2 is 2.33 bits per heavy atom. The van der Waals surface area contributed by atoms with Crippen molar-refractivity contribution >= 4 is 0 Å². The van der Waals surface area contributed by atoms with E-state index in [1.165, 1.54) is 6.42 Å². The third kappa shape index (κ3) is 1.51. The maximum Gasteiger partial charge on any atom is 0.165 e. The summed E-state index contributed by atoms with van der Waals surface area (Å²) in [6, 6.07) is 4.05. The Bertz CT molecular complexity index is 385. The highest BCUT2D eigenvalue weighted by Crippen LogP contribution is 2.33. The molecule has 0 saturated carbocycles. The predicted molar refractivity (Wildman–Crippen MR) is 55.6 cm³/mol. The summed E-state index contributed by atoms with van der Waals surface area (Å²) in [5.74, 6) is 0.269. The Kier molecular flexibility index (Phi) is 2.13. The number of rotatable bonds is 1. The summed E-state index contributed by atoms with van der Waals surface area (Å²) < 4.78 is 18.9. The lowest BCUT2D eigenvalue weighted by Gasteiger charge is -2.12. The van der Waals surface area contributed by atoms with Gasteiger partial charge in [-0.05, 0) is 31.0 Å². The minimum Gasteiger partial charge on any atom is -0.490 e. The molecule has 2 nitrogen and oxygen atoms in total. The van der Waals surface area contributed by atoms with Gasteiger partial charge in [-0.15, -0.1) is 0 Å². The van der Waals surface area contributed by atoms with Crippen LogP contribution in [0.25, 0.3) is 0 Å². The summed E-state index contributed by atoms with van der Waals surface area (Å²) in [5.41, 5.74) is 2.10. The van der Waals surface area contributed by atoms with Crippen molar-refractivity contribution in [2.75, 3.05) is 13.2 Å². The highest BCUT2D eigenvalue weighted by atomic mass is 19.1. The Labute approximate surface area is 88.4 Å². The topological polar surface area (TPSA) is 21.3 Å². The van der Waals surface area contributed by atoms with Crippen LogP contribution in [0.15, 0.2) is 12.1 Å². The third-order valence-electron chi connectivity index (χ3n) is 3.22. The average molecular weight is 207 g/mol. The van der Waals surface area contributed by atoms with Crippen LogP contribution in [-0.4, -0.2) is 13.2 Å².